The summed E-state index contributed by atoms with van der Waals surface area (Å²) < 4.78 is 0. The molecule has 2 rings (SSSR count). The monoisotopic (exact) mass is 153 g/mol. The van der Waals surface area contributed by atoms with E-state index in [9.17, 15) is 5.11 Å². The molecule has 0 spiro atoms. The fraction of sp³-hybridized carbons (Fsp3) is 0.778. The van der Waals surface area contributed by atoms with Crippen LogP contribution in [0.1, 0.15) is 19.3 Å². The number of nitrogens with zero attached hydrogens (tertiary/aromatic N) is 1. The van der Waals surface area contributed by atoms with Crippen molar-refractivity contribution in [3.8, 4) is 0 Å². The summed E-state index contributed by atoms with van der Waals surface area (Å²) in [5, 5.41) is 9.62. The zero-order valence-corrected chi connectivity index (χ0v) is 6.90. The minimum Gasteiger partial charge on any atom is -0.391 e. The highest BCUT2D eigenvalue weighted by atomic mass is 16.3. The van der Waals surface area contributed by atoms with Crippen molar-refractivity contribution < 1.29 is 5.11 Å². The number of rotatable bonds is 0. The Morgan fingerprint density at radius 3 is 3.00 bits per heavy atom. The van der Waals surface area contributed by atoms with E-state index in [2.05, 4.69) is 24.1 Å². The molecule has 1 N–H and O–H groups in total. The van der Waals surface area contributed by atoms with Crippen molar-refractivity contribution in [3.05, 3.63) is 12.2 Å². The standard InChI is InChI=1S/C9H15NO/c1-10-7-3-2-4-8(10)9(11)6-5-7/h2-3,7-9,11H,4-6H2,1H3. The summed E-state index contributed by atoms with van der Waals surface area (Å²) in [5.74, 6) is 0. The highest BCUT2D eigenvalue weighted by Gasteiger charge is 2.33. The number of hydrogen-bond acceptors (Lipinski definition) is 2. The smallest absolute Gasteiger partial charge is 0.0699 e. The number of hydrogen-bond donors (Lipinski definition) is 1. The third-order valence-electron chi connectivity index (χ3n) is 2.98. The first-order valence-corrected chi connectivity index (χ1v) is 4.35. The molecular weight excluding hydrogens is 138 g/mol. The van der Waals surface area contributed by atoms with Crippen molar-refractivity contribution in [2.24, 2.45) is 0 Å². The van der Waals surface area contributed by atoms with Crippen LogP contribution in [0.15, 0.2) is 12.2 Å². The molecule has 0 aliphatic carbocycles. The molecule has 2 aliphatic heterocycles. The molecule has 0 aromatic carbocycles. The van der Waals surface area contributed by atoms with Crippen LogP contribution in [0.3, 0.4) is 0 Å². The van der Waals surface area contributed by atoms with Crippen LogP contribution in [-0.4, -0.2) is 35.2 Å². The van der Waals surface area contributed by atoms with Crippen LogP contribution in [0.5, 0.6) is 0 Å². The van der Waals surface area contributed by atoms with Gasteiger partial charge < -0.3 is 5.11 Å². The molecule has 0 radical (unpaired) electrons. The van der Waals surface area contributed by atoms with Gasteiger partial charge in [-0.1, -0.05) is 12.2 Å². The average Bonchev–Trinajstić information content (AvgIpc) is 1.98. The maximum atomic E-state index is 9.62. The molecule has 11 heavy (non-hydrogen) atoms. The number of fused-ring (bicyclic) bond motifs is 2. The molecule has 2 nitrogen and oxygen atoms in total. The van der Waals surface area contributed by atoms with Gasteiger partial charge in [-0.25, -0.2) is 0 Å². The zero-order valence-electron chi connectivity index (χ0n) is 6.90. The highest BCUT2D eigenvalue weighted by Crippen LogP contribution is 2.28. The van der Waals surface area contributed by atoms with Crippen LogP contribution in [0.4, 0.5) is 0 Å². The lowest BCUT2D eigenvalue weighted by Crippen LogP contribution is -2.52. The zero-order chi connectivity index (χ0) is 7.84. The second-order valence-corrected chi connectivity index (χ2v) is 3.61. The normalized spacial score (nSPS) is 44.4. The lowest BCUT2D eigenvalue weighted by atomic mass is 9.88. The largest absolute Gasteiger partial charge is 0.391 e. The van der Waals surface area contributed by atoms with Gasteiger partial charge in [0, 0.05) is 12.1 Å². The van der Waals surface area contributed by atoms with Gasteiger partial charge in [0.25, 0.3) is 0 Å². The summed E-state index contributed by atoms with van der Waals surface area (Å²) in [5.41, 5.74) is 0. The number of likely N-dealkylation sites (N-methyl/N-ethyl adjacent to an activating group) is 1. The molecule has 3 unspecified atom stereocenters. The van der Waals surface area contributed by atoms with Gasteiger partial charge in [0.15, 0.2) is 0 Å². The molecule has 0 aromatic rings. The fourth-order valence-corrected chi connectivity index (χ4v) is 2.19. The molecule has 62 valence electrons. The van der Waals surface area contributed by atoms with Crippen molar-refractivity contribution in [1.82, 2.24) is 4.90 Å². The van der Waals surface area contributed by atoms with E-state index in [1.54, 1.807) is 0 Å². The summed E-state index contributed by atoms with van der Waals surface area (Å²) >= 11 is 0. The first kappa shape index (κ1) is 7.32. The molecule has 0 aromatic heterocycles. The molecule has 1 fully saturated rings. The van der Waals surface area contributed by atoms with E-state index in [0.29, 0.717) is 12.1 Å². The molecule has 2 heteroatoms. The second kappa shape index (κ2) is 2.61. The first-order chi connectivity index (χ1) is 5.29. The fourth-order valence-electron chi connectivity index (χ4n) is 2.19. The van der Waals surface area contributed by atoms with Gasteiger partial charge in [0.2, 0.25) is 0 Å². The summed E-state index contributed by atoms with van der Waals surface area (Å²) in [6.07, 6.45) is 7.49. The van der Waals surface area contributed by atoms with E-state index < -0.39 is 0 Å². The summed E-state index contributed by atoms with van der Waals surface area (Å²) in [7, 11) is 2.11. The SMILES string of the molecule is CN1C2C=CCC1C(O)CC2. The Kier molecular flexibility index (Phi) is 1.74. The van der Waals surface area contributed by atoms with E-state index in [4.69, 9.17) is 0 Å². The molecule has 0 saturated carbocycles. The van der Waals surface area contributed by atoms with E-state index in [1.807, 2.05) is 0 Å². The molecule has 3 atom stereocenters. The number of piperidine rings is 1. The molecule has 2 heterocycles. The van der Waals surface area contributed by atoms with Crippen molar-refractivity contribution in [2.45, 2.75) is 37.5 Å². The number of aliphatic hydroxyl groups excluding tert-OH is 1. The summed E-state index contributed by atoms with van der Waals surface area (Å²) in [6.45, 7) is 0. The van der Waals surface area contributed by atoms with Crippen LogP contribution in [0, 0.1) is 0 Å². The van der Waals surface area contributed by atoms with Crippen molar-refractivity contribution >= 4 is 0 Å². The maximum Gasteiger partial charge on any atom is 0.0699 e. The molecule has 2 aliphatic rings. The minimum atomic E-state index is -0.0961. The molecule has 2 bridgehead atoms. The van der Waals surface area contributed by atoms with Gasteiger partial charge >= 0.3 is 0 Å². The summed E-state index contributed by atoms with van der Waals surface area (Å²) in [4.78, 5) is 2.30. The quantitative estimate of drug-likeness (QED) is 0.520. The van der Waals surface area contributed by atoms with E-state index >= 15 is 0 Å². The first-order valence-electron chi connectivity index (χ1n) is 4.35. The lowest BCUT2D eigenvalue weighted by molar-refractivity contribution is 0.00233. The lowest BCUT2D eigenvalue weighted by Gasteiger charge is -2.43. The Morgan fingerprint density at radius 2 is 2.27 bits per heavy atom. The predicted octanol–water partition coefficient (Wildman–Crippen LogP) is 0.770. The maximum absolute atomic E-state index is 9.62. The van der Waals surface area contributed by atoms with Gasteiger partial charge in [-0.2, -0.15) is 0 Å². The van der Waals surface area contributed by atoms with E-state index in [-0.39, 0.29) is 6.10 Å². The van der Waals surface area contributed by atoms with Crippen molar-refractivity contribution in [2.75, 3.05) is 7.05 Å². The molecule has 1 saturated heterocycles. The number of aliphatic hydroxyl groups is 1. The Morgan fingerprint density at radius 1 is 1.45 bits per heavy atom. The Balaban J connectivity index is 2.19. The second-order valence-electron chi connectivity index (χ2n) is 3.61. The molecular formula is C9H15NO. The minimum absolute atomic E-state index is 0.0961. The van der Waals surface area contributed by atoms with Crippen molar-refractivity contribution in [1.29, 1.82) is 0 Å². The molecule has 0 amide bonds. The third kappa shape index (κ3) is 1.10. The Labute approximate surface area is 67.5 Å². The van der Waals surface area contributed by atoms with Crippen LogP contribution >= 0.6 is 0 Å². The van der Waals surface area contributed by atoms with Crippen molar-refractivity contribution in [3.63, 3.8) is 0 Å². The predicted molar refractivity (Wildman–Crippen MR) is 44.3 cm³/mol. The Bertz CT molecular complexity index is 178. The van der Waals surface area contributed by atoms with Crippen LogP contribution in [0.25, 0.3) is 0 Å². The Hall–Kier alpha value is -0.340. The summed E-state index contributed by atoms with van der Waals surface area (Å²) in [6, 6.07) is 0.982. The van der Waals surface area contributed by atoms with Gasteiger partial charge in [0.05, 0.1) is 6.10 Å². The highest BCUT2D eigenvalue weighted by molar-refractivity contribution is 5.07. The van der Waals surface area contributed by atoms with Gasteiger partial charge in [0.1, 0.15) is 0 Å². The van der Waals surface area contributed by atoms with Gasteiger partial charge in [-0.15, -0.1) is 0 Å². The van der Waals surface area contributed by atoms with Gasteiger partial charge in [-0.05, 0) is 26.3 Å². The van der Waals surface area contributed by atoms with Crippen LogP contribution in [0.2, 0.25) is 0 Å². The third-order valence-corrected chi connectivity index (χ3v) is 2.98. The van der Waals surface area contributed by atoms with E-state index in [1.165, 1.54) is 0 Å². The van der Waals surface area contributed by atoms with Crippen LogP contribution in [-0.2, 0) is 0 Å². The average molecular weight is 153 g/mol. The van der Waals surface area contributed by atoms with Crippen LogP contribution < -0.4 is 0 Å². The van der Waals surface area contributed by atoms with Gasteiger partial charge in [-0.3, -0.25) is 4.90 Å². The van der Waals surface area contributed by atoms with E-state index in [0.717, 1.165) is 19.3 Å². The topological polar surface area (TPSA) is 23.5 Å².